The molecule has 0 saturated carbocycles. The summed E-state index contributed by atoms with van der Waals surface area (Å²) < 4.78 is 11.7. The molecule has 1 aliphatic rings. The van der Waals surface area contributed by atoms with Crippen LogP contribution in [0.5, 0.6) is 17.2 Å². The van der Waals surface area contributed by atoms with Crippen molar-refractivity contribution in [1.29, 1.82) is 0 Å². The Morgan fingerprint density at radius 3 is 2.48 bits per heavy atom. The third kappa shape index (κ3) is 6.15. The number of nitrogens with one attached hydrogen (secondary N) is 1. The topological polar surface area (TPSA) is 80.2 Å². The predicted molar refractivity (Wildman–Crippen MR) is 124 cm³/mol. The average molecular weight is 462 g/mol. The van der Waals surface area contributed by atoms with Crippen LogP contribution in [-0.2, 0) is 0 Å². The van der Waals surface area contributed by atoms with Gasteiger partial charge in [0, 0.05) is 37.0 Å². The van der Waals surface area contributed by atoms with E-state index in [1.54, 1.807) is 50.5 Å². The lowest BCUT2D eigenvalue weighted by molar-refractivity contribution is 0.0827. The number of amidine groups is 1. The highest BCUT2D eigenvalue weighted by molar-refractivity contribution is 8.14. The van der Waals surface area contributed by atoms with Crippen LogP contribution in [0.2, 0.25) is 5.02 Å². The minimum Gasteiger partial charge on any atom is -0.491 e. The molecule has 0 aliphatic carbocycles. The van der Waals surface area contributed by atoms with Crippen molar-refractivity contribution < 1.29 is 19.1 Å². The summed E-state index contributed by atoms with van der Waals surface area (Å²) in [4.78, 5) is 30.6. The van der Waals surface area contributed by atoms with Crippen LogP contribution in [0, 0.1) is 0 Å². The first kappa shape index (κ1) is 23.0. The molecule has 2 aromatic rings. The molecule has 0 unspecified atom stereocenters. The summed E-state index contributed by atoms with van der Waals surface area (Å²) in [6.07, 6.45) is -0.0826. The summed E-state index contributed by atoms with van der Waals surface area (Å²) in [6.45, 7) is 4.49. The third-order valence-corrected chi connectivity index (χ3v) is 5.32. The maximum absolute atomic E-state index is 12.7. The Morgan fingerprint density at radius 2 is 1.87 bits per heavy atom. The third-order valence-electron chi connectivity index (χ3n) is 4.13. The van der Waals surface area contributed by atoms with Crippen LogP contribution < -0.4 is 14.8 Å². The standard InChI is InChI=1S/C22H24ClN3O4S/c1-13(2)29-16-9-15(20(27)25-22-24-7-8-31-22)10-17(12-16)30-19-6-5-14(11-18(19)23)21(28)26(3)4/h5-6,9-13H,7-8H2,1-4H3,(H,24,25,27). The fraction of sp³-hybridized carbons (Fsp3) is 0.318. The molecule has 31 heavy (non-hydrogen) atoms. The Balaban J connectivity index is 1.87. The van der Waals surface area contributed by atoms with Crippen LogP contribution in [-0.4, -0.2) is 54.4 Å². The molecule has 1 aliphatic heterocycles. The summed E-state index contributed by atoms with van der Waals surface area (Å²) in [7, 11) is 3.34. The summed E-state index contributed by atoms with van der Waals surface area (Å²) in [6, 6.07) is 9.77. The first-order valence-electron chi connectivity index (χ1n) is 9.72. The molecule has 0 saturated heterocycles. The van der Waals surface area contributed by atoms with Crippen LogP contribution in [0.3, 0.4) is 0 Å². The van der Waals surface area contributed by atoms with Gasteiger partial charge in [-0.05, 0) is 44.2 Å². The Hall–Kier alpha value is -2.71. The summed E-state index contributed by atoms with van der Waals surface area (Å²) >= 11 is 7.84. The maximum Gasteiger partial charge on any atom is 0.257 e. The maximum atomic E-state index is 12.7. The molecule has 0 fully saturated rings. The summed E-state index contributed by atoms with van der Waals surface area (Å²) in [5.41, 5.74) is 0.827. The van der Waals surface area contributed by atoms with Crippen molar-refractivity contribution in [1.82, 2.24) is 10.2 Å². The van der Waals surface area contributed by atoms with E-state index in [4.69, 9.17) is 21.1 Å². The number of ether oxygens (including phenoxy) is 2. The van der Waals surface area contributed by atoms with Crippen molar-refractivity contribution in [3.63, 3.8) is 0 Å². The number of rotatable bonds is 6. The lowest BCUT2D eigenvalue weighted by atomic mass is 10.1. The molecular weight excluding hydrogens is 438 g/mol. The van der Waals surface area contributed by atoms with E-state index in [1.165, 1.54) is 16.7 Å². The number of thioether (sulfide) groups is 1. The van der Waals surface area contributed by atoms with Gasteiger partial charge in [0.25, 0.3) is 11.8 Å². The Bertz CT molecular complexity index is 1020. The van der Waals surface area contributed by atoms with Crippen LogP contribution in [0.25, 0.3) is 0 Å². The summed E-state index contributed by atoms with van der Waals surface area (Å²) in [5.74, 6) is 1.64. The van der Waals surface area contributed by atoms with Gasteiger partial charge in [-0.25, -0.2) is 0 Å². The Kier molecular flexibility index (Phi) is 7.46. The normalized spacial score (nSPS) is 13.0. The minimum absolute atomic E-state index is 0.0826. The molecule has 3 rings (SSSR count). The molecule has 0 aromatic heterocycles. The van der Waals surface area contributed by atoms with Gasteiger partial charge in [-0.1, -0.05) is 23.4 Å². The molecule has 0 spiro atoms. The van der Waals surface area contributed by atoms with E-state index in [-0.39, 0.29) is 22.9 Å². The fourth-order valence-corrected chi connectivity index (χ4v) is 3.73. The molecule has 2 amide bonds. The SMILES string of the molecule is CC(C)Oc1cc(Oc2ccc(C(=O)N(C)C)cc2Cl)cc(C(=O)NC2=NCCS2)c1. The van der Waals surface area contributed by atoms with E-state index in [2.05, 4.69) is 10.3 Å². The first-order valence-corrected chi connectivity index (χ1v) is 11.1. The highest BCUT2D eigenvalue weighted by Gasteiger charge is 2.17. The Labute approximate surface area is 190 Å². The zero-order chi connectivity index (χ0) is 22.5. The van der Waals surface area contributed by atoms with E-state index in [9.17, 15) is 9.59 Å². The number of benzene rings is 2. The van der Waals surface area contributed by atoms with E-state index >= 15 is 0 Å². The van der Waals surface area contributed by atoms with E-state index in [1.807, 2.05) is 13.8 Å². The molecule has 0 bridgehead atoms. The molecule has 9 heteroatoms. The second-order valence-electron chi connectivity index (χ2n) is 7.30. The van der Waals surface area contributed by atoms with Crippen molar-refractivity contribution in [2.45, 2.75) is 20.0 Å². The van der Waals surface area contributed by atoms with Gasteiger partial charge >= 0.3 is 0 Å². The van der Waals surface area contributed by atoms with Crippen LogP contribution in [0.15, 0.2) is 41.4 Å². The lowest BCUT2D eigenvalue weighted by Crippen LogP contribution is -2.27. The van der Waals surface area contributed by atoms with Crippen molar-refractivity contribution in [3.8, 4) is 17.2 Å². The van der Waals surface area contributed by atoms with E-state index < -0.39 is 0 Å². The lowest BCUT2D eigenvalue weighted by Gasteiger charge is -2.15. The highest BCUT2D eigenvalue weighted by Crippen LogP contribution is 2.33. The Morgan fingerprint density at radius 1 is 1.13 bits per heavy atom. The quantitative estimate of drug-likeness (QED) is 0.687. The number of amides is 2. The molecule has 0 radical (unpaired) electrons. The average Bonchev–Trinajstić information content (AvgIpc) is 3.21. The van der Waals surface area contributed by atoms with Crippen LogP contribution in [0.1, 0.15) is 34.6 Å². The first-order chi connectivity index (χ1) is 14.7. The van der Waals surface area contributed by atoms with Gasteiger partial charge in [0.2, 0.25) is 0 Å². The van der Waals surface area contributed by atoms with E-state index in [0.717, 1.165) is 5.75 Å². The number of hydrogen-bond donors (Lipinski definition) is 1. The molecule has 0 atom stereocenters. The second-order valence-corrected chi connectivity index (χ2v) is 8.79. The smallest absolute Gasteiger partial charge is 0.257 e. The van der Waals surface area contributed by atoms with Gasteiger partial charge in [-0.3, -0.25) is 14.6 Å². The van der Waals surface area contributed by atoms with Crippen LogP contribution >= 0.6 is 23.4 Å². The molecule has 1 heterocycles. The molecule has 2 aromatic carbocycles. The molecule has 1 N–H and O–H groups in total. The minimum atomic E-state index is -0.301. The monoisotopic (exact) mass is 461 g/mol. The zero-order valence-corrected chi connectivity index (χ0v) is 19.3. The number of nitrogens with zero attached hydrogens (tertiary/aromatic N) is 2. The number of hydrogen-bond acceptors (Lipinski definition) is 6. The number of carbonyl (C=O) groups excluding carboxylic acids is 2. The van der Waals surface area contributed by atoms with Gasteiger partial charge in [-0.15, -0.1) is 0 Å². The highest BCUT2D eigenvalue weighted by atomic mass is 35.5. The van der Waals surface area contributed by atoms with E-state index in [0.29, 0.717) is 40.1 Å². The largest absolute Gasteiger partial charge is 0.491 e. The van der Waals surface area contributed by atoms with Gasteiger partial charge in [0.1, 0.15) is 17.2 Å². The predicted octanol–water partition coefficient (Wildman–Crippen LogP) is 4.45. The number of halogens is 1. The number of aliphatic imine (C=N–C) groups is 1. The summed E-state index contributed by atoms with van der Waals surface area (Å²) in [5, 5.41) is 3.69. The van der Waals surface area contributed by atoms with Gasteiger partial charge in [-0.2, -0.15) is 0 Å². The van der Waals surface area contributed by atoms with Crippen molar-refractivity contribution in [2.75, 3.05) is 26.4 Å². The van der Waals surface area contributed by atoms with Crippen molar-refractivity contribution in [2.24, 2.45) is 4.99 Å². The molecule has 7 nitrogen and oxygen atoms in total. The number of carbonyl (C=O) groups is 2. The second kappa shape index (κ2) is 10.1. The van der Waals surface area contributed by atoms with Gasteiger partial charge in [0.05, 0.1) is 17.7 Å². The van der Waals surface area contributed by atoms with Gasteiger partial charge in [0.15, 0.2) is 5.17 Å². The fourth-order valence-electron chi connectivity index (χ4n) is 2.78. The molecular formula is C22H24ClN3O4S. The molecule has 164 valence electrons. The van der Waals surface area contributed by atoms with Crippen LogP contribution in [0.4, 0.5) is 0 Å². The van der Waals surface area contributed by atoms with Gasteiger partial charge < -0.3 is 19.7 Å². The van der Waals surface area contributed by atoms with Crippen molar-refractivity contribution in [3.05, 3.63) is 52.5 Å². The zero-order valence-electron chi connectivity index (χ0n) is 17.8. The van der Waals surface area contributed by atoms with Crippen molar-refractivity contribution >= 4 is 40.3 Å².